The first-order valence-corrected chi connectivity index (χ1v) is 5.94. The summed E-state index contributed by atoms with van der Waals surface area (Å²) in [6.07, 6.45) is 1.47. The van der Waals surface area contributed by atoms with Crippen LogP contribution in [0.3, 0.4) is 0 Å². The van der Waals surface area contributed by atoms with Gasteiger partial charge in [-0.05, 0) is 23.3 Å². The molecule has 0 aliphatic heterocycles. The van der Waals surface area contributed by atoms with Gasteiger partial charge in [-0.1, -0.05) is 60.7 Å². The van der Waals surface area contributed by atoms with Crippen molar-refractivity contribution >= 4 is 0 Å². The Kier molecular flexibility index (Phi) is 4.55. The Bertz CT molecular complexity index is 585. The maximum absolute atomic E-state index is 8.08. The number of nitrogens with zero attached hydrogens (tertiary/aromatic N) is 1. The summed E-state index contributed by atoms with van der Waals surface area (Å²) >= 11 is 0. The standard InChI is InChI=1S/C12H10.C5H3NO/c1-3-7-11(8-4-1)12-9-5-2-6-10-12;6-4-5-2-1-3-7-5/h1-10H;1-3H. The SMILES string of the molecule is N#Cc1ccco1.c1ccc(-c2ccccc2)cc1. The predicted molar refractivity (Wildman–Crippen MR) is 75.3 cm³/mol. The molecule has 0 spiro atoms. The fourth-order valence-corrected chi connectivity index (χ4v) is 1.60. The fraction of sp³-hybridized carbons (Fsp3) is 0. The fourth-order valence-electron chi connectivity index (χ4n) is 1.60. The number of nitriles is 1. The first-order chi connectivity index (χ1) is 9.40. The molecule has 2 aromatic carbocycles. The summed E-state index contributed by atoms with van der Waals surface area (Å²) in [4.78, 5) is 0. The van der Waals surface area contributed by atoms with Crippen LogP contribution in [-0.4, -0.2) is 0 Å². The highest BCUT2D eigenvalue weighted by atomic mass is 16.3. The van der Waals surface area contributed by atoms with Gasteiger partial charge in [-0.3, -0.25) is 0 Å². The number of hydrogen-bond acceptors (Lipinski definition) is 2. The van der Waals surface area contributed by atoms with Crippen LogP contribution in [0.4, 0.5) is 0 Å². The van der Waals surface area contributed by atoms with E-state index in [1.165, 1.54) is 17.4 Å². The number of rotatable bonds is 1. The molecule has 2 heteroatoms. The van der Waals surface area contributed by atoms with Gasteiger partial charge in [0, 0.05) is 0 Å². The smallest absolute Gasteiger partial charge is 0.203 e. The van der Waals surface area contributed by atoms with Crippen LogP contribution < -0.4 is 0 Å². The Hall–Kier alpha value is -2.79. The van der Waals surface area contributed by atoms with Crippen molar-refractivity contribution in [1.82, 2.24) is 0 Å². The van der Waals surface area contributed by atoms with Crippen LogP contribution in [0.15, 0.2) is 83.5 Å². The zero-order valence-corrected chi connectivity index (χ0v) is 10.4. The van der Waals surface area contributed by atoms with Crippen LogP contribution in [0, 0.1) is 11.3 Å². The molecule has 0 aliphatic rings. The van der Waals surface area contributed by atoms with Crippen LogP contribution in [0.25, 0.3) is 11.1 Å². The molecule has 0 saturated carbocycles. The highest BCUT2D eigenvalue weighted by Crippen LogP contribution is 2.17. The van der Waals surface area contributed by atoms with Gasteiger partial charge in [-0.15, -0.1) is 0 Å². The van der Waals surface area contributed by atoms with Crippen LogP contribution in [0.1, 0.15) is 5.76 Å². The molecule has 0 unspecified atom stereocenters. The van der Waals surface area contributed by atoms with Crippen molar-refractivity contribution in [2.24, 2.45) is 0 Å². The first-order valence-electron chi connectivity index (χ1n) is 5.94. The van der Waals surface area contributed by atoms with Gasteiger partial charge >= 0.3 is 0 Å². The van der Waals surface area contributed by atoms with E-state index >= 15 is 0 Å². The Labute approximate surface area is 112 Å². The molecule has 0 fully saturated rings. The Morgan fingerprint density at radius 2 is 1.21 bits per heavy atom. The molecule has 1 aromatic heterocycles. The van der Waals surface area contributed by atoms with Gasteiger partial charge in [0.1, 0.15) is 6.07 Å². The summed E-state index contributed by atoms with van der Waals surface area (Å²) < 4.78 is 4.62. The predicted octanol–water partition coefficient (Wildman–Crippen LogP) is 4.50. The average molecular weight is 247 g/mol. The lowest BCUT2D eigenvalue weighted by molar-refractivity contribution is 0.553. The van der Waals surface area contributed by atoms with E-state index in [1.807, 2.05) is 18.2 Å². The average Bonchev–Trinajstić information content (AvgIpc) is 3.03. The molecule has 1 heterocycles. The van der Waals surface area contributed by atoms with Gasteiger partial charge in [0.15, 0.2) is 0 Å². The van der Waals surface area contributed by atoms with Crippen molar-refractivity contribution in [2.45, 2.75) is 0 Å². The molecule has 2 nitrogen and oxygen atoms in total. The zero-order valence-electron chi connectivity index (χ0n) is 10.4. The molecule has 19 heavy (non-hydrogen) atoms. The molecule has 92 valence electrons. The minimum atomic E-state index is 0.361. The van der Waals surface area contributed by atoms with Gasteiger partial charge in [0.25, 0.3) is 0 Å². The maximum Gasteiger partial charge on any atom is 0.203 e. The van der Waals surface area contributed by atoms with Gasteiger partial charge in [0.05, 0.1) is 6.26 Å². The molecule has 0 amide bonds. The number of hydrogen-bond donors (Lipinski definition) is 0. The zero-order chi connectivity index (χ0) is 13.3. The molecule has 0 atom stereocenters. The Morgan fingerprint density at radius 3 is 1.53 bits per heavy atom. The van der Waals surface area contributed by atoms with E-state index in [4.69, 9.17) is 5.26 Å². The quantitative estimate of drug-likeness (QED) is 0.634. The van der Waals surface area contributed by atoms with Gasteiger partial charge in [-0.25, -0.2) is 0 Å². The summed E-state index contributed by atoms with van der Waals surface area (Å²) in [7, 11) is 0. The van der Waals surface area contributed by atoms with Crippen LogP contribution in [-0.2, 0) is 0 Å². The maximum atomic E-state index is 8.08. The minimum Gasteiger partial charge on any atom is -0.454 e. The van der Waals surface area contributed by atoms with Crippen LogP contribution in [0.5, 0.6) is 0 Å². The Morgan fingerprint density at radius 1 is 0.684 bits per heavy atom. The van der Waals surface area contributed by atoms with E-state index in [9.17, 15) is 0 Å². The van der Waals surface area contributed by atoms with Crippen molar-refractivity contribution in [1.29, 1.82) is 5.26 Å². The summed E-state index contributed by atoms with van der Waals surface area (Å²) in [5.41, 5.74) is 2.55. The molecular formula is C17H13NO. The largest absolute Gasteiger partial charge is 0.454 e. The van der Waals surface area contributed by atoms with Crippen LogP contribution in [0.2, 0.25) is 0 Å². The number of furan rings is 1. The molecule has 3 rings (SSSR count). The highest BCUT2D eigenvalue weighted by Gasteiger charge is 1.91. The second kappa shape index (κ2) is 6.83. The number of benzene rings is 2. The molecule has 0 N–H and O–H groups in total. The van der Waals surface area contributed by atoms with Crippen molar-refractivity contribution in [3.8, 4) is 17.2 Å². The van der Waals surface area contributed by atoms with E-state index in [0.717, 1.165) is 0 Å². The van der Waals surface area contributed by atoms with Gasteiger partial charge in [-0.2, -0.15) is 5.26 Å². The lowest BCUT2D eigenvalue weighted by Crippen LogP contribution is -1.73. The molecule has 0 aliphatic carbocycles. The normalized spacial score (nSPS) is 9.00. The lowest BCUT2D eigenvalue weighted by atomic mass is 10.1. The monoisotopic (exact) mass is 247 g/mol. The summed E-state index contributed by atoms with van der Waals surface area (Å²) in [6.45, 7) is 0. The molecule has 3 aromatic rings. The van der Waals surface area contributed by atoms with Crippen molar-refractivity contribution < 1.29 is 4.42 Å². The molecular weight excluding hydrogens is 234 g/mol. The van der Waals surface area contributed by atoms with Crippen molar-refractivity contribution in [3.63, 3.8) is 0 Å². The summed E-state index contributed by atoms with van der Waals surface area (Å²) in [6, 6.07) is 25.9. The third-order valence-corrected chi connectivity index (χ3v) is 2.51. The van der Waals surface area contributed by atoms with Gasteiger partial charge < -0.3 is 4.42 Å². The van der Waals surface area contributed by atoms with E-state index in [0.29, 0.717) is 5.76 Å². The van der Waals surface area contributed by atoms with Gasteiger partial charge in [0.2, 0.25) is 5.76 Å². The lowest BCUT2D eigenvalue weighted by Gasteiger charge is -1.98. The molecule has 0 saturated heterocycles. The third kappa shape index (κ3) is 3.86. The van der Waals surface area contributed by atoms with Crippen molar-refractivity contribution in [3.05, 3.63) is 84.8 Å². The molecule has 0 radical (unpaired) electrons. The van der Waals surface area contributed by atoms with Crippen molar-refractivity contribution in [2.75, 3.05) is 0 Å². The second-order valence-corrected chi connectivity index (χ2v) is 3.82. The Balaban J connectivity index is 0.000000163. The summed E-state index contributed by atoms with van der Waals surface area (Å²) in [5, 5.41) is 8.08. The van der Waals surface area contributed by atoms with E-state index < -0.39 is 0 Å². The molecule has 0 bridgehead atoms. The van der Waals surface area contributed by atoms with E-state index in [1.54, 1.807) is 12.1 Å². The minimum absolute atomic E-state index is 0.361. The highest BCUT2D eigenvalue weighted by molar-refractivity contribution is 5.62. The van der Waals surface area contributed by atoms with E-state index in [2.05, 4.69) is 52.9 Å². The first kappa shape index (κ1) is 12.7. The van der Waals surface area contributed by atoms with Crippen LogP contribution >= 0.6 is 0 Å². The third-order valence-electron chi connectivity index (χ3n) is 2.51. The van der Waals surface area contributed by atoms with E-state index in [-0.39, 0.29) is 0 Å². The topological polar surface area (TPSA) is 36.9 Å². The summed E-state index contributed by atoms with van der Waals surface area (Å²) in [5.74, 6) is 0.361. The second-order valence-electron chi connectivity index (χ2n) is 3.82.